The molecule has 248 valence electrons. The van der Waals surface area contributed by atoms with Gasteiger partial charge in [-0.1, -0.05) is 74.2 Å². The predicted octanol–water partition coefficient (Wildman–Crippen LogP) is 8.40. The standard InChI is InChI=1S/C41H54O5/c42-27-30-12-11-28(23-30)7-3-1-2-4-8-31-9-5-6-10-38(40(45)46)41-26-36(44)22-19-34(41)18-15-33-14-13-29(25-39(33)41)24-37(31)32-16-20-35(43)21-17-32/h5-6,13-14,16-17,20-21,23,25,28,31,34,36-38,42-44H,1-4,7-12,15,18-19,22,24,26-27H2,(H,45,46)/b6-5-/t28-,31+,34-,36-,37+,38-,41+/m0/s1. The van der Waals surface area contributed by atoms with Gasteiger partial charge < -0.3 is 20.4 Å². The van der Waals surface area contributed by atoms with Gasteiger partial charge in [0.05, 0.1) is 18.6 Å². The van der Waals surface area contributed by atoms with Gasteiger partial charge in [0, 0.05) is 5.41 Å². The molecule has 4 N–H and O–H groups in total. The third-order valence-corrected chi connectivity index (χ3v) is 12.2. The number of rotatable bonds is 10. The van der Waals surface area contributed by atoms with Crippen LogP contribution in [0.15, 0.2) is 66.3 Å². The third kappa shape index (κ3) is 7.16. The van der Waals surface area contributed by atoms with Gasteiger partial charge >= 0.3 is 5.97 Å². The van der Waals surface area contributed by atoms with E-state index in [1.807, 2.05) is 12.1 Å². The van der Waals surface area contributed by atoms with Crippen molar-refractivity contribution in [3.63, 3.8) is 0 Å². The van der Waals surface area contributed by atoms with E-state index >= 15 is 0 Å². The number of phenols is 1. The van der Waals surface area contributed by atoms with Gasteiger partial charge in [0.2, 0.25) is 0 Å². The monoisotopic (exact) mass is 626 g/mol. The fourth-order valence-corrected chi connectivity index (χ4v) is 9.83. The first-order chi connectivity index (χ1) is 22.4. The van der Waals surface area contributed by atoms with Crippen LogP contribution in [-0.4, -0.2) is 39.1 Å². The Morgan fingerprint density at radius 2 is 1.65 bits per heavy atom. The highest BCUT2D eigenvalue weighted by Gasteiger charge is 2.54. The molecule has 0 amide bonds. The highest BCUT2D eigenvalue weighted by molar-refractivity contribution is 5.73. The molecule has 1 spiro atoms. The maximum Gasteiger partial charge on any atom is 0.307 e. The lowest BCUT2D eigenvalue weighted by molar-refractivity contribution is -0.147. The first-order valence-corrected chi connectivity index (χ1v) is 18.1. The molecule has 4 aliphatic carbocycles. The van der Waals surface area contributed by atoms with Crippen molar-refractivity contribution in [3.8, 4) is 5.75 Å². The van der Waals surface area contributed by atoms with Gasteiger partial charge in [-0.2, -0.15) is 0 Å². The zero-order chi connectivity index (χ0) is 32.1. The molecule has 0 heterocycles. The van der Waals surface area contributed by atoms with Crippen LogP contribution >= 0.6 is 0 Å². The summed E-state index contributed by atoms with van der Waals surface area (Å²) in [6, 6.07) is 14.7. The van der Waals surface area contributed by atoms with Gasteiger partial charge in [-0.05, 0) is 141 Å². The van der Waals surface area contributed by atoms with Crippen LogP contribution in [0.3, 0.4) is 0 Å². The van der Waals surface area contributed by atoms with Crippen LogP contribution < -0.4 is 0 Å². The molecule has 0 aromatic heterocycles. The largest absolute Gasteiger partial charge is 0.508 e. The number of carbonyl (C=O) groups is 1. The highest BCUT2D eigenvalue weighted by atomic mass is 16.4. The maximum absolute atomic E-state index is 13.0. The summed E-state index contributed by atoms with van der Waals surface area (Å²) >= 11 is 0. The Kier molecular flexibility index (Phi) is 10.7. The smallest absolute Gasteiger partial charge is 0.307 e. The molecule has 2 aromatic carbocycles. The summed E-state index contributed by atoms with van der Waals surface area (Å²) < 4.78 is 0. The lowest BCUT2D eigenvalue weighted by Crippen LogP contribution is -2.53. The maximum atomic E-state index is 13.0. The van der Waals surface area contributed by atoms with Gasteiger partial charge in [-0.15, -0.1) is 0 Å². The number of carboxylic acid groups (broad SMARTS) is 1. The van der Waals surface area contributed by atoms with E-state index in [9.17, 15) is 25.2 Å². The number of phenolic OH excluding ortho intramolecular Hbond substituents is 1. The summed E-state index contributed by atoms with van der Waals surface area (Å²) in [5, 5.41) is 41.2. The van der Waals surface area contributed by atoms with Crippen LogP contribution in [0.4, 0.5) is 0 Å². The van der Waals surface area contributed by atoms with E-state index in [2.05, 4.69) is 48.6 Å². The van der Waals surface area contributed by atoms with Crippen LogP contribution in [-0.2, 0) is 23.1 Å². The Morgan fingerprint density at radius 1 is 0.870 bits per heavy atom. The molecule has 2 bridgehead atoms. The number of hydrogen-bond donors (Lipinski definition) is 4. The topological polar surface area (TPSA) is 98.0 Å². The van der Waals surface area contributed by atoms with Gasteiger partial charge in [0.1, 0.15) is 5.75 Å². The number of aliphatic hydroxyl groups is 2. The van der Waals surface area contributed by atoms with Crippen molar-refractivity contribution < 1.29 is 25.2 Å². The number of unbranched alkanes of at least 4 members (excludes halogenated alkanes) is 3. The minimum Gasteiger partial charge on any atom is -0.508 e. The molecule has 6 rings (SSSR count). The average molecular weight is 627 g/mol. The van der Waals surface area contributed by atoms with Crippen molar-refractivity contribution in [2.45, 2.75) is 120 Å². The number of aryl methyl sites for hydroxylation is 1. The normalized spacial score (nSPS) is 31.7. The van der Waals surface area contributed by atoms with E-state index in [0.29, 0.717) is 24.7 Å². The van der Waals surface area contributed by atoms with Crippen LogP contribution in [0.1, 0.15) is 118 Å². The molecule has 5 nitrogen and oxygen atoms in total. The van der Waals surface area contributed by atoms with Crippen molar-refractivity contribution in [2.75, 3.05) is 6.61 Å². The molecule has 0 unspecified atom stereocenters. The highest BCUT2D eigenvalue weighted by Crippen LogP contribution is 2.56. The first kappa shape index (κ1) is 33.0. The van der Waals surface area contributed by atoms with Gasteiger partial charge in [-0.25, -0.2) is 0 Å². The van der Waals surface area contributed by atoms with Crippen molar-refractivity contribution in [3.05, 3.63) is 88.5 Å². The molecule has 0 saturated heterocycles. The van der Waals surface area contributed by atoms with Gasteiger partial charge in [-0.3, -0.25) is 4.79 Å². The lowest BCUT2D eigenvalue weighted by atomic mass is 9.51. The van der Waals surface area contributed by atoms with E-state index < -0.39 is 23.4 Å². The van der Waals surface area contributed by atoms with Crippen molar-refractivity contribution in [1.29, 1.82) is 0 Å². The number of aliphatic carboxylic acids is 1. The van der Waals surface area contributed by atoms with Gasteiger partial charge in [0.25, 0.3) is 0 Å². The predicted molar refractivity (Wildman–Crippen MR) is 183 cm³/mol. The van der Waals surface area contributed by atoms with Crippen molar-refractivity contribution >= 4 is 5.97 Å². The SMILES string of the molecule is O=C(O)[C@@H]1C/C=C\C[C@@H](CCCCCC[C@@H]2C=C(CO)CC2)[C@H](c2ccc(O)cc2)Cc2ccc3c(c2)[C@@]12C[C@@H](O)CC[C@@H]2CC3. The average Bonchev–Trinajstić information content (AvgIpc) is 3.52. The molecule has 1 saturated carbocycles. The number of carboxylic acids is 1. The number of fused-ring (bicyclic) bond motifs is 1. The van der Waals surface area contributed by atoms with Crippen LogP contribution in [0.25, 0.3) is 0 Å². The number of hydrogen-bond acceptors (Lipinski definition) is 4. The quantitative estimate of drug-likeness (QED) is 0.157. The summed E-state index contributed by atoms with van der Waals surface area (Å²) in [5.41, 5.74) is 5.62. The Balaban J connectivity index is 1.26. The molecule has 0 aliphatic heterocycles. The summed E-state index contributed by atoms with van der Waals surface area (Å²) in [5.74, 6) is 0.598. The van der Waals surface area contributed by atoms with E-state index in [4.69, 9.17) is 0 Å². The number of benzene rings is 2. The Bertz CT molecular complexity index is 1390. The van der Waals surface area contributed by atoms with Crippen LogP contribution in [0.5, 0.6) is 5.75 Å². The van der Waals surface area contributed by atoms with E-state index in [-0.39, 0.29) is 24.2 Å². The molecule has 5 heteroatoms. The second-order valence-electron chi connectivity index (χ2n) is 15.0. The Morgan fingerprint density at radius 3 is 2.41 bits per heavy atom. The van der Waals surface area contributed by atoms with Crippen LogP contribution in [0.2, 0.25) is 0 Å². The summed E-state index contributed by atoms with van der Waals surface area (Å²) in [7, 11) is 0. The number of aromatic hydroxyl groups is 1. The zero-order valence-electron chi connectivity index (χ0n) is 27.5. The summed E-state index contributed by atoms with van der Waals surface area (Å²) in [4.78, 5) is 13.0. The Labute approximate surface area is 275 Å². The molecule has 2 aromatic rings. The molecular weight excluding hydrogens is 572 g/mol. The molecule has 0 radical (unpaired) electrons. The van der Waals surface area contributed by atoms with E-state index in [1.54, 1.807) is 0 Å². The fourth-order valence-electron chi connectivity index (χ4n) is 9.83. The molecular formula is C41H54O5. The zero-order valence-corrected chi connectivity index (χ0v) is 27.5. The minimum absolute atomic E-state index is 0.210. The summed E-state index contributed by atoms with van der Waals surface area (Å²) in [6.45, 7) is 0.210. The lowest BCUT2D eigenvalue weighted by Gasteiger charge is -2.53. The summed E-state index contributed by atoms with van der Waals surface area (Å²) in [6.07, 6.45) is 22.0. The van der Waals surface area contributed by atoms with Crippen molar-refractivity contribution in [2.24, 2.45) is 23.7 Å². The van der Waals surface area contributed by atoms with E-state index in [0.717, 1.165) is 51.4 Å². The molecule has 1 fully saturated rings. The number of allylic oxidation sites excluding steroid dienone is 3. The Hall–Kier alpha value is -2.89. The second kappa shape index (κ2) is 14.9. The van der Waals surface area contributed by atoms with Gasteiger partial charge in [0.15, 0.2) is 0 Å². The number of aliphatic hydroxyl groups excluding tert-OH is 2. The van der Waals surface area contributed by atoms with E-state index in [1.165, 1.54) is 66.4 Å². The fraction of sp³-hybridized carbons (Fsp3) is 0.585. The van der Waals surface area contributed by atoms with Crippen LogP contribution in [0, 0.1) is 23.7 Å². The third-order valence-electron chi connectivity index (χ3n) is 12.2. The molecule has 46 heavy (non-hydrogen) atoms. The molecule has 7 atom stereocenters. The van der Waals surface area contributed by atoms with Crippen molar-refractivity contribution in [1.82, 2.24) is 0 Å². The first-order valence-electron chi connectivity index (χ1n) is 18.1. The second-order valence-corrected chi connectivity index (χ2v) is 15.0. The minimum atomic E-state index is -0.738. The molecule has 4 aliphatic rings.